The number of hydrogen-bond donors (Lipinski definition) is 2. The van der Waals surface area contributed by atoms with E-state index >= 15 is 0 Å². The lowest BCUT2D eigenvalue weighted by Gasteiger charge is -2.37. The first-order chi connectivity index (χ1) is 6.04. The van der Waals surface area contributed by atoms with Gasteiger partial charge in [0, 0.05) is 32.1 Å². The van der Waals surface area contributed by atoms with Gasteiger partial charge in [-0.15, -0.1) is 0 Å². The summed E-state index contributed by atoms with van der Waals surface area (Å²) in [6.07, 6.45) is 2.25. The molecule has 3 heteroatoms. The molecule has 0 spiro atoms. The van der Waals surface area contributed by atoms with Gasteiger partial charge in [-0.2, -0.15) is 0 Å². The number of ether oxygens (including phenoxy) is 1. The highest BCUT2D eigenvalue weighted by atomic mass is 16.5. The molecule has 0 aromatic heterocycles. The average molecular weight is 187 g/mol. The quantitative estimate of drug-likeness (QED) is 0.690. The SMILES string of the molecule is CC(C)CC(N)C1(O)CCOCC1. The molecule has 1 atom stereocenters. The highest BCUT2D eigenvalue weighted by Crippen LogP contribution is 2.26. The first-order valence-corrected chi connectivity index (χ1v) is 5.10. The van der Waals surface area contributed by atoms with Crippen LogP contribution in [-0.4, -0.2) is 30.0 Å². The van der Waals surface area contributed by atoms with Crippen LogP contribution in [0, 0.1) is 5.92 Å². The highest BCUT2D eigenvalue weighted by Gasteiger charge is 2.36. The minimum absolute atomic E-state index is 0.101. The van der Waals surface area contributed by atoms with Crippen LogP contribution in [0.5, 0.6) is 0 Å². The molecule has 0 aromatic carbocycles. The van der Waals surface area contributed by atoms with Crippen molar-refractivity contribution < 1.29 is 9.84 Å². The van der Waals surface area contributed by atoms with Crippen molar-refractivity contribution in [3.8, 4) is 0 Å². The molecule has 3 nitrogen and oxygen atoms in total. The number of aliphatic hydroxyl groups is 1. The predicted octanol–water partition coefficient (Wildman–Crippen LogP) is 0.901. The molecule has 0 amide bonds. The Morgan fingerprint density at radius 2 is 1.92 bits per heavy atom. The van der Waals surface area contributed by atoms with Crippen LogP contribution in [-0.2, 0) is 4.74 Å². The van der Waals surface area contributed by atoms with Crippen molar-refractivity contribution in [2.24, 2.45) is 11.7 Å². The van der Waals surface area contributed by atoms with Crippen LogP contribution >= 0.6 is 0 Å². The smallest absolute Gasteiger partial charge is 0.0841 e. The molecule has 0 aliphatic carbocycles. The molecule has 0 saturated carbocycles. The molecule has 0 aromatic rings. The summed E-state index contributed by atoms with van der Waals surface area (Å²) in [7, 11) is 0. The van der Waals surface area contributed by atoms with E-state index in [2.05, 4.69) is 13.8 Å². The zero-order chi connectivity index (χ0) is 9.90. The van der Waals surface area contributed by atoms with Crippen LogP contribution < -0.4 is 5.73 Å². The Labute approximate surface area is 80.3 Å². The second-order valence-corrected chi connectivity index (χ2v) is 4.45. The van der Waals surface area contributed by atoms with E-state index < -0.39 is 5.60 Å². The Hall–Kier alpha value is -0.120. The second-order valence-electron chi connectivity index (χ2n) is 4.45. The van der Waals surface area contributed by atoms with Crippen LogP contribution in [0.2, 0.25) is 0 Å². The van der Waals surface area contributed by atoms with Crippen molar-refractivity contribution in [2.75, 3.05) is 13.2 Å². The van der Waals surface area contributed by atoms with Gasteiger partial charge in [0.15, 0.2) is 0 Å². The summed E-state index contributed by atoms with van der Waals surface area (Å²) < 4.78 is 5.20. The van der Waals surface area contributed by atoms with Gasteiger partial charge in [0.25, 0.3) is 0 Å². The predicted molar refractivity (Wildman–Crippen MR) is 52.4 cm³/mol. The van der Waals surface area contributed by atoms with Crippen molar-refractivity contribution in [2.45, 2.75) is 44.8 Å². The Balaban J connectivity index is 2.46. The number of hydrogen-bond acceptors (Lipinski definition) is 3. The van der Waals surface area contributed by atoms with Crippen molar-refractivity contribution in [3.05, 3.63) is 0 Å². The van der Waals surface area contributed by atoms with E-state index in [0.29, 0.717) is 32.0 Å². The van der Waals surface area contributed by atoms with Gasteiger partial charge >= 0.3 is 0 Å². The normalized spacial score (nSPS) is 24.7. The minimum atomic E-state index is -0.678. The molecule has 0 bridgehead atoms. The molecule has 0 radical (unpaired) electrons. The third-order valence-corrected chi connectivity index (χ3v) is 2.77. The number of rotatable bonds is 3. The minimum Gasteiger partial charge on any atom is -0.388 e. The van der Waals surface area contributed by atoms with Crippen molar-refractivity contribution in [1.82, 2.24) is 0 Å². The van der Waals surface area contributed by atoms with E-state index in [-0.39, 0.29) is 6.04 Å². The molecule has 13 heavy (non-hydrogen) atoms. The van der Waals surface area contributed by atoms with Crippen molar-refractivity contribution in [3.63, 3.8) is 0 Å². The fourth-order valence-corrected chi connectivity index (χ4v) is 1.82. The summed E-state index contributed by atoms with van der Waals surface area (Å²) in [5.74, 6) is 0.543. The summed E-state index contributed by atoms with van der Waals surface area (Å²) in [6.45, 7) is 5.54. The van der Waals surface area contributed by atoms with Crippen LogP contribution in [0.1, 0.15) is 33.1 Å². The zero-order valence-electron chi connectivity index (χ0n) is 8.62. The molecule has 78 valence electrons. The lowest BCUT2D eigenvalue weighted by molar-refractivity contribution is -0.0810. The van der Waals surface area contributed by atoms with E-state index in [9.17, 15) is 5.11 Å². The molecule has 1 aliphatic heterocycles. The van der Waals surface area contributed by atoms with Gasteiger partial charge < -0.3 is 15.6 Å². The maximum Gasteiger partial charge on any atom is 0.0841 e. The molecule has 1 unspecified atom stereocenters. The Morgan fingerprint density at radius 3 is 2.38 bits per heavy atom. The standard InChI is InChI=1S/C10H21NO2/c1-8(2)7-9(11)10(12)3-5-13-6-4-10/h8-9,12H,3-7,11H2,1-2H3. The lowest BCUT2D eigenvalue weighted by Crippen LogP contribution is -2.51. The third-order valence-electron chi connectivity index (χ3n) is 2.77. The summed E-state index contributed by atoms with van der Waals surface area (Å²) >= 11 is 0. The van der Waals surface area contributed by atoms with Gasteiger partial charge in [0.05, 0.1) is 5.60 Å². The van der Waals surface area contributed by atoms with E-state index in [1.54, 1.807) is 0 Å². The van der Waals surface area contributed by atoms with Crippen LogP contribution in [0.15, 0.2) is 0 Å². The van der Waals surface area contributed by atoms with E-state index in [1.807, 2.05) is 0 Å². The van der Waals surface area contributed by atoms with Crippen LogP contribution in [0.3, 0.4) is 0 Å². The molecule has 3 N–H and O–H groups in total. The van der Waals surface area contributed by atoms with E-state index in [1.165, 1.54) is 0 Å². The van der Waals surface area contributed by atoms with Gasteiger partial charge in [-0.05, 0) is 12.3 Å². The second kappa shape index (κ2) is 4.40. The number of nitrogens with two attached hydrogens (primary N) is 1. The highest BCUT2D eigenvalue weighted by molar-refractivity contribution is 4.91. The van der Waals surface area contributed by atoms with Gasteiger partial charge in [0.1, 0.15) is 0 Å². The van der Waals surface area contributed by atoms with Crippen molar-refractivity contribution >= 4 is 0 Å². The molecular formula is C10H21NO2. The Bertz CT molecular complexity index is 153. The van der Waals surface area contributed by atoms with Gasteiger partial charge in [0.2, 0.25) is 0 Å². The summed E-state index contributed by atoms with van der Waals surface area (Å²) in [5.41, 5.74) is 5.30. The third kappa shape index (κ3) is 2.93. The summed E-state index contributed by atoms with van der Waals surface area (Å²) in [4.78, 5) is 0. The average Bonchev–Trinajstić information content (AvgIpc) is 2.04. The first-order valence-electron chi connectivity index (χ1n) is 5.10. The van der Waals surface area contributed by atoms with E-state index in [0.717, 1.165) is 6.42 Å². The van der Waals surface area contributed by atoms with E-state index in [4.69, 9.17) is 10.5 Å². The molecule has 1 saturated heterocycles. The Kier molecular flexibility index (Phi) is 3.71. The van der Waals surface area contributed by atoms with Crippen LogP contribution in [0.25, 0.3) is 0 Å². The summed E-state index contributed by atoms with van der Waals surface area (Å²) in [6, 6.07) is -0.101. The Morgan fingerprint density at radius 1 is 1.38 bits per heavy atom. The lowest BCUT2D eigenvalue weighted by atomic mass is 9.83. The summed E-state index contributed by atoms with van der Waals surface area (Å²) in [5, 5.41) is 10.2. The van der Waals surface area contributed by atoms with Crippen molar-refractivity contribution in [1.29, 1.82) is 0 Å². The molecule has 1 rings (SSSR count). The molecular weight excluding hydrogens is 166 g/mol. The fourth-order valence-electron chi connectivity index (χ4n) is 1.82. The maximum absolute atomic E-state index is 10.2. The topological polar surface area (TPSA) is 55.5 Å². The molecule has 1 fully saturated rings. The zero-order valence-corrected chi connectivity index (χ0v) is 8.62. The van der Waals surface area contributed by atoms with Gasteiger partial charge in [-0.1, -0.05) is 13.8 Å². The maximum atomic E-state index is 10.2. The largest absolute Gasteiger partial charge is 0.388 e. The fraction of sp³-hybridized carbons (Fsp3) is 1.00. The van der Waals surface area contributed by atoms with Gasteiger partial charge in [-0.25, -0.2) is 0 Å². The molecule has 1 aliphatic rings. The van der Waals surface area contributed by atoms with Crippen LogP contribution in [0.4, 0.5) is 0 Å². The van der Waals surface area contributed by atoms with Gasteiger partial charge in [-0.3, -0.25) is 0 Å². The molecule has 1 heterocycles. The first kappa shape index (κ1) is 11.0. The monoisotopic (exact) mass is 187 g/mol.